The Hall–Kier alpha value is -3.52. The van der Waals surface area contributed by atoms with Crippen molar-refractivity contribution in [3.8, 4) is 11.5 Å². The predicted molar refractivity (Wildman–Crippen MR) is 178 cm³/mol. The third-order valence-corrected chi connectivity index (χ3v) is 11.0. The Kier molecular flexibility index (Phi) is 9.22. The number of phenols is 2. The number of phenolic OH excluding ortho intramolecular Hbond substituents is 2. The van der Waals surface area contributed by atoms with E-state index in [0.29, 0.717) is 47.0 Å². The van der Waals surface area contributed by atoms with Gasteiger partial charge < -0.3 is 10.2 Å². The van der Waals surface area contributed by atoms with Crippen molar-refractivity contribution in [2.45, 2.75) is 95.3 Å². The number of hydrogen-bond acceptors (Lipinski definition) is 2. The molecule has 4 aromatic carbocycles. The Labute approximate surface area is 258 Å². The van der Waals surface area contributed by atoms with Gasteiger partial charge in [0.05, 0.1) is 0 Å². The van der Waals surface area contributed by atoms with Crippen LogP contribution in [-0.2, 0) is 6.42 Å². The van der Waals surface area contributed by atoms with Crippen molar-refractivity contribution >= 4 is 0 Å². The van der Waals surface area contributed by atoms with Gasteiger partial charge in [0.1, 0.15) is 11.5 Å². The van der Waals surface area contributed by atoms with E-state index >= 15 is 0 Å². The number of hydrogen-bond donors (Lipinski definition) is 2. The van der Waals surface area contributed by atoms with Gasteiger partial charge in [-0.15, -0.1) is 0 Å². The first kappa shape index (κ1) is 29.5. The highest BCUT2D eigenvalue weighted by Crippen LogP contribution is 2.49. The SMILES string of the molecule is CC(c1ccccc1)C1CCCCC1c1ccc(O)cc1Cc1cc(O)ccc1C1CCCCC1C(C)c1ccccc1. The molecule has 6 atom stereocenters. The average molecular weight is 573 g/mol. The minimum absolute atomic E-state index is 0.331. The zero-order valence-electron chi connectivity index (χ0n) is 26.0. The molecule has 2 saturated carbocycles. The molecule has 2 nitrogen and oxygen atoms in total. The average Bonchev–Trinajstić information content (AvgIpc) is 3.05. The molecule has 6 unspecified atom stereocenters. The van der Waals surface area contributed by atoms with Crippen LogP contribution in [0.2, 0.25) is 0 Å². The third-order valence-electron chi connectivity index (χ3n) is 11.0. The van der Waals surface area contributed by atoms with Crippen LogP contribution in [0.15, 0.2) is 97.1 Å². The monoisotopic (exact) mass is 572 g/mol. The van der Waals surface area contributed by atoms with Crippen molar-refractivity contribution in [1.82, 2.24) is 0 Å². The number of benzene rings is 4. The maximum atomic E-state index is 10.7. The molecule has 2 heteroatoms. The Balaban J connectivity index is 1.35. The first-order valence-corrected chi connectivity index (χ1v) is 16.7. The van der Waals surface area contributed by atoms with Crippen LogP contribution in [0.3, 0.4) is 0 Å². The first-order valence-electron chi connectivity index (χ1n) is 16.7. The van der Waals surface area contributed by atoms with Crippen LogP contribution in [0.25, 0.3) is 0 Å². The van der Waals surface area contributed by atoms with Gasteiger partial charge in [-0.1, -0.05) is 112 Å². The molecule has 6 rings (SSSR count). The maximum Gasteiger partial charge on any atom is 0.115 e. The molecule has 2 fully saturated rings. The number of rotatable bonds is 8. The van der Waals surface area contributed by atoms with Crippen molar-refractivity contribution in [3.63, 3.8) is 0 Å². The van der Waals surface area contributed by atoms with E-state index in [4.69, 9.17) is 0 Å². The van der Waals surface area contributed by atoms with Gasteiger partial charge in [0.25, 0.3) is 0 Å². The van der Waals surface area contributed by atoms with Crippen molar-refractivity contribution in [2.24, 2.45) is 11.8 Å². The lowest BCUT2D eigenvalue weighted by molar-refractivity contribution is 0.268. The van der Waals surface area contributed by atoms with E-state index in [1.165, 1.54) is 84.7 Å². The Bertz CT molecular complexity index is 1360. The minimum Gasteiger partial charge on any atom is -0.508 e. The smallest absolute Gasteiger partial charge is 0.115 e. The number of aromatic hydroxyl groups is 2. The molecule has 224 valence electrons. The fourth-order valence-corrected chi connectivity index (χ4v) is 8.72. The van der Waals surface area contributed by atoms with E-state index in [2.05, 4.69) is 86.6 Å². The first-order chi connectivity index (χ1) is 21.0. The topological polar surface area (TPSA) is 40.5 Å². The molecule has 2 N–H and O–H groups in total. The van der Waals surface area contributed by atoms with Gasteiger partial charge in [0.2, 0.25) is 0 Å². The van der Waals surface area contributed by atoms with Gasteiger partial charge in [-0.3, -0.25) is 0 Å². The van der Waals surface area contributed by atoms with Crippen molar-refractivity contribution in [2.75, 3.05) is 0 Å². The summed E-state index contributed by atoms with van der Waals surface area (Å²) < 4.78 is 0. The quantitative estimate of drug-likeness (QED) is 0.220. The van der Waals surface area contributed by atoms with Gasteiger partial charge in [-0.2, -0.15) is 0 Å². The molecule has 0 saturated heterocycles. The third kappa shape index (κ3) is 6.54. The molecule has 0 aliphatic heterocycles. The fraction of sp³-hybridized carbons (Fsp3) is 0.415. The lowest BCUT2D eigenvalue weighted by Gasteiger charge is -2.38. The van der Waals surface area contributed by atoms with Crippen molar-refractivity contribution in [1.29, 1.82) is 0 Å². The highest BCUT2D eigenvalue weighted by atomic mass is 16.3. The second kappa shape index (κ2) is 13.4. The lowest BCUT2D eigenvalue weighted by atomic mass is 9.66. The van der Waals surface area contributed by atoms with Crippen LogP contribution in [-0.4, -0.2) is 10.2 Å². The summed E-state index contributed by atoms with van der Waals surface area (Å²) in [6, 6.07) is 34.2. The van der Waals surface area contributed by atoms with E-state index in [1.807, 2.05) is 24.3 Å². The zero-order valence-corrected chi connectivity index (χ0v) is 26.0. The van der Waals surface area contributed by atoms with Gasteiger partial charge >= 0.3 is 0 Å². The Morgan fingerprint density at radius 3 is 1.35 bits per heavy atom. The van der Waals surface area contributed by atoms with Crippen LogP contribution < -0.4 is 0 Å². The molecule has 4 aromatic rings. The van der Waals surface area contributed by atoms with Crippen molar-refractivity contribution < 1.29 is 10.2 Å². The summed E-state index contributed by atoms with van der Waals surface area (Å²) in [6.07, 6.45) is 10.6. The van der Waals surface area contributed by atoms with E-state index < -0.39 is 0 Å². The van der Waals surface area contributed by atoms with Crippen LogP contribution in [0.4, 0.5) is 0 Å². The fourth-order valence-electron chi connectivity index (χ4n) is 8.72. The molecule has 0 bridgehead atoms. The summed E-state index contributed by atoms with van der Waals surface area (Å²) in [4.78, 5) is 0. The predicted octanol–water partition coefficient (Wildman–Crippen LogP) is 10.8. The molecule has 0 spiro atoms. The second-order valence-corrected chi connectivity index (χ2v) is 13.5. The molecule has 2 aliphatic rings. The summed E-state index contributed by atoms with van der Waals surface area (Å²) in [5, 5.41) is 21.5. The minimum atomic E-state index is 0.331. The second-order valence-electron chi connectivity index (χ2n) is 13.5. The molecular weight excluding hydrogens is 524 g/mol. The molecule has 2 aliphatic carbocycles. The van der Waals surface area contributed by atoms with Crippen LogP contribution >= 0.6 is 0 Å². The van der Waals surface area contributed by atoms with Gasteiger partial charge in [-0.25, -0.2) is 0 Å². The van der Waals surface area contributed by atoms with Crippen LogP contribution in [0, 0.1) is 11.8 Å². The van der Waals surface area contributed by atoms with Gasteiger partial charge in [0, 0.05) is 0 Å². The van der Waals surface area contributed by atoms with E-state index in [0.717, 1.165) is 6.42 Å². The van der Waals surface area contributed by atoms with Gasteiger partial charge in [0.15, 0.2) is 0 Å². The standard InChI is InChI=1S/C41H48O2/c1-28(30-13-5-3-6-14-30)36-17-9-11-19-40(36)38-23-21-34(42)26-32(38)25-33-27-35(43)22-24-39(33)41-20-12-10-18-37(41)29(2)31-15-7-4-8-16-31/h3-8,13-16,21-24,26-29,36-37,40-43H,9-12,17-20,25H2,1-2H3. The van der Waals surface area contributed by atoms with Gasteiger partial charge in [-0.05, 0) is 125 Å². The highest BCUT2D eigenvalue weighted by molar-refractivity contribution is 5.46. The van der Waals surface area contributed by atoms with E-state index in [-0.39, 0.29) is 0 Å². The highest BCUT2D eigenvalue weighted by Gasteiger charge is 2.35. The molecule has 0 amide bonds. The van der Waals surface area contributed by atoms with Crippen LogP contribution in [0.1, 0.15) is 122 Å². The summed E-state index contributed by atoms with van der Waals surface area (Å²) >= 11 is 0. The molecule has 43 heavy (non-hydrogen) atoms. The molecular formula is C41H48O2. The Morgan fingerprint density at radius 2 is 0.930 bits per heavy atom. The maximum absolute atomic E-state index is 10.7. The molecule has 0 radical (unpaired) electrons. The summed E-state index contributed by atoms with van der Waals surface area (Å²) in [5.41, 5.74) is 8.05. The Morgan fingerprint density at radius 1 is 0.535 bits per heavy atom. The molecule has 0 heterocycles. The summed E-state index contributed by atoms with van der Waals surface area (Å²) in [5.74, 6) is 3.67. The summed E-state index contributed by atoms with van der Waals surface area (Å²) in [7, 11) is 0. The van der Waals surface area contributed by atoms with Crippen LogP contribution in [0.5, 0.6) is 11.5 Å². The zero-order chi connectivity index (χ0) is 29.8. The largest absolute Gasteiger partial charge is 0.508 e. The normalized spacial score (nSPS) is 23.9. The van der Waals surface area contributed by atoms with Crippen molar-refractivity contribution in [3.05, 3.63) is 130 Å². The molecule has 0 aromatic heterocycles. The van der Waals surface area contributed by atoms with E-state index in [1.54, 1.807) is 0 Å². The van der Waals surface area contributed by atoms with E-state index in [9.17, 15) is 10.2 Å². The summed E-state index contributed by atoms with van der Waals surface area (Å²) in [6.45, 7) is 4.81. The lowest BCUT2D eigenvalue weighted by Crippen LogP contribution is -2.25.